The van der Waals surface area contributed by atoms with E-state index >= 15 is 0 Å². The zero-order valence-electron chi connectivity index (χ0n) is 17.2. The van der Waals surface area contributed by atoms with Crippen LogP contribution in [0.2, 0.25) is 0 Å². The number of carbonyl (C=O) groups excluding carboxylic acids is 2. The van der Waals surface area contributed by atoms with Crippen LogP contribution in [0.1, 0.15) is 22.9 Å². The monoisotopic (exact) mass is 408 g/mol. The smallest absolute Gasteiger partial charge is 0.235 e. The van der Waals surface area contributed by atoms with Gasteiger partial charge in [-0.3, -0.25) is 9.59 Å². The van der Waals surface area contributed by atoms with Crippen molar-refractivity contribution in [2.45, 2.75) is 38.6 Å². The first-order valence-corrected chi connectivity index (χ1v) is 10.1. The average Bonchev–Trinajstić information content (AvgIpc) is 3.44. The van der Waals surface area contributed by atoms with Crippen molar-refractivity contribution in [1.29, 1.82) is 0 Å². The summed E-state index contributed by atoms with van der Waals surface area (Å²) in [4.78, 5) is 30.0. The molecule has 2 bridgehead atoms. The number of ether oxygens (including phenoxy) is 1. The van der Waals surface area contributed by atoms with Gasteiger partial charge in [-0.2, -0.15) is 0 Å². The average molecular weight is 408 g/mol. The van der Waals surface area contributed by atoms with Gasteiger partial charge in [0.1, 0.15) is 5.60 Å². The van der Waals surface area contributed by atoms with Crippen molar-refractivity contribution in [3.05, 3.63) is 59.3 Å². The van der Waals surface area contributed by atoms with E-state index in [-0.39, 0.29) is 24.5 Å². The Hall–Kier alpha value is -3.00. The zero-order valence-corrected chi connectivity index (χ0v) is 17.2. The molecular weight excluding hydrogens is 384 g/mol. The highest BCUT2D eigenvalue weighted by molar-refractivity contribution is 5.93. The molecule has 8 nitrogen and oxygen atoms in total. The second-order valence-corrected chi connectivity index (χ2v) is 8.49. The molecule has 8 heteroatoms. The van der Waals surface area contributed by atoms with Gasteiger partial charge in [0.2, 0.25) is 23.6 Å². The molecule has 3 aliphatic heterocycles. The number of nitrogens with zero attached hydrogens (tertiary/aromatic N) is 4. The van der Waals surface area contributed by atoms with Crippen LogP contribution in [0.5, 0.6) is 0 Å². The molecule has 0 saturated carbocycles. The number of rotatable bonds is 5. The molecule has 0 radical (unpaired) electrons. The van der Waals surface area contributed by atoms with Crippen LogP contribution in [0.15, 0.2) is 40.8 Å². The highest BCUT2D eigenvalue weighted by Gasteiger charge is 2.67. The van der Waals surface area contributed by atoms with Crippen LogP contribution in [-0.2, 0) is 27.4 Å². The van der Waals surface area contributed by atoms with E-state index in [1.807, 2.05) is 42.2 Å². The van der Waals surface area contributed by atoms with E-state index in [2.05, 4.69) is 16.3 Å². The van der Waals surface area contributed by atoms with E-state index in [0.29, 0.717) is 24.9 Å². The molecule has 0 aliphatic carbocycles. The predicted octanol–water partition coefficient (Wildman–Crippen LogP) is 1.63. The molecule has 156 valence electrons. The van der Waals surface area contributed by atoms with Gasteiger partial charge in [0, 0.05) is 20.5 Å². The molecule has 4 heterocycles. The van der Waals surface area contributed by atoms with Crippen LogP contribution < -0.4 is 0 Å². The normalized spacial score (nSPS) is 29.0. The van der Waals surface area contributed by atoms with E-state index in [1.165, 1.54) is 0 Å². The van der Waals surface area contributed by atoms with Crippen LogP contribution in [-0.4, -0.2) is 57.1 Å². The lowest BCUT2D eigenvalue weighted by molar-refractivity contribution is -0.143. The first kappa shape index (κ1) is 19.0. The lowest BCUT2D eigenvalue weighted by atomic mass is 9.76. The van der Waals surface area contributed by atoms with Crippen molar-refractivity contribution >= 4 is 11.8 Å². The minimum absolute atomic E-state index is 0.0243. The summed E-state index contributed by atoms with van der Waals surface area (Å²) < 4.78 is 11.6. The summed E-state index contributed by atoms with van der Waals surface area (Å²) in [6.07, 6.45) is 3.52. The van der Waals surface area contributed by atoms with Crippen molar-refractivity contribution in [2.75, 3.05) is 13.6 Å². The second-order valence-electron chi connectivity index (χ2n) is 8.49. The number of hydrogen-bond acceptors (Lipinski definition) is 6. The Morgan fingerprint density at radius 3 is 2.90 bits per heavy atom. The lowest BCUT2D eigenvalue weighted by Gasteiger charge is -2.27. The Bertz CT molecular complexity index is 1050. The summed E-state index contributed by atoms with van der Waals surface area (Å²) >= 11 is 0. The molecule has 5 rings (SSSR count). The molecule has 4 atom stereocenters. The van der Waals surface area contributed by atoms with Gasteiger partial charge in [-0.1, -0.05) is 42.0 Å². The van der Waals surface area contributed by atoms with Gasteiger partial charge in [-0.05, 0) is 12.5 Å². The summed E-state index contributed by atoms with van der Waals surface area (Å²) in [7, 11) is 1.69. The first-order valence-electron chi connectivity index (χ1n) is 10.1. The molecule has 0 unspecified atom stereocenters. The highest BCUT2D eigenvalue weighted by Crippen LogP contribution is 2.52. The molecule has 2 fully saturated rings. The maximum atomic E-state index is 13.4. The fourth-order valence-electron chi connectivity index (χ4n) is 4.96. The second kappa shape index (κ2) is 6.77. The van der Waals surface area contributed by atoms with Crippen LogP contribution in [0.4, 0.5) is 0 Å². The third-order valence-electron chi connectivity index (χ3n) is 6.24. The van der Waals surface area contributed by atoms with Crippen LogP contribution in [0.3, 0.4) is 0 Å². The van der Waals surface area contributed by atoms with E-state index in [1.54, 1.807) is 18.9 Å². The number of likely N-dealkylation sites (tertiary alicyclic amines) is 1. The third kappa shape index (κ3) is 2.94. The third-order valence-corrected chi connectivity index (χ3v) is 6.24. The number of aryl methyl sites for hydroxylation is 2. The largest absolute Gasteiger partial charge is 0.424 e. The van der Waals surface area contributed by atoms with Gasteiger partial charge < -0.3 is 19.0 Å². The molecule has 1 spiro atoms. The Labute approximate surface area is 174 Å². The Morgan fingerprint density at radius 2 is 2.17 bits per heavy atom. The maximum Gasteiger partial charge on any atom is 0.235 e. The van der Waals surface area contributed by atoms with Crippen molar-refractivity contribution in [3.63, 3.8) is 0 Å². The molecule has 1 aromatic carbocycles. The van der Waals surface area contributed by atoms with Crippen molar-refractivity contribution in [3.8, 4) is 0 Å². The van der Waals surface area contributed by atoms with E-state index < -0.39 is 17.4 Å². The molecule has 2 aromatic rings. The molecule has 3 aliphatic rings. The number of amides is 2. The quantitative estimate of drug-likeness (QED) is 0.699. The van der Waals surface area contributed by atoms with E-state index in [9.17, 15) is 9.59 Å². The molecular formula is C22H24N4O4. The SMILES string of the molecule is Cc1cccc(CN2C[C@]34C=C[C@H](O3)[C@H](C(=O)N(C)Cc3nnc(C)o3)[C@H]4C2=O)c1. The van der Waals surface area contributed by atoms with Crippen LogP contribution in [0.25, 0.3) is 0 Å². The van der Waals surface area contributed by atoms with Gasteiger partial charge in [-0.25, -0.2) is 0 Å². The van der Waals surface area contributed by atoms with Gasteiger partial charge in [0.25, 0.3) is 0 Å². The van der Waals surface area contributed by atoms with Gasteiger partial charge in [0.05, 0.1) is 31.0 Å². The Morgan fingerprint density at radius 1 is 1.33 bits per heavy atom. The molecule has 1 aromatic heterocycles. The molecule has 2 saturated heterocycles. The Kier molecular flexibility index (Phi) is 4.28. The molecule has 2 amide bonds. The standard InChI is InChI=1S/C22H24N4O4/c1-13-5-4-6-15(9-13)10-26-12-22-8-7-16(30-22)18(19(22)21(26)28)20(27)25(3)11-17-24-23-14(2)29-17/h4-9,16,18-19H,10-12H2,1-3H3/t16-,18-,19-,22-/m0/s1. The van der Waals surface area contributed by atoms with Gasteiger partial charge >= 0.3 is 0 Å². The van der Waals surface area contributed by atoms with E-state index in [4.69, 9.17) is 9.15 Å². The van der Waals surface area contributed by atoms with Crippen LogP contribution >= 0.6 is 0 Å². The first-order chi connectivity index (χ1) is 14.4. The van der Waals surface area contributed by atoms with Gasteiger partial charge in [-0.15, -0.1) is 10.2 Å². The number of hydrogen-bond donors (Lipinski definition) is 0. The zero-order chi connectivity index (χ0) is 21.0. The maximum absolute atomic E-state index is 13.4. The summed E-state index contributed by atoms with van der Waals surface area (Å²) in [5.74, 6) is -0.387. The molecule has 30 heavy (non-hydrogen) atoms. The number of carbonyl (C=O) groups is 2. The topological polar surface area (TPSA) is 88.8 Å². The van der Waals surface area contributed by atoms with Crippen molar-refractivity contribution in [1.82, 2.24) is 20.0 Å². The predicted molar refractivity (Wildman–Crippen MR) is 106 cm³/mol. The fraction of sp³-hybridized carbons (Fsp3) is 0.455. The number of benzene rings is 1. The lowest BCUT2D eigenvalue weighted by Crippen LogP contribution is -2.44. The fourth-order valence-corrected chi connectivity index (χ4v) is 4.96. The summed E-state index contributed by atoms with van der Waals surface area (Å²) in [5.41, 5.74) is 1.51. The number of fused-ring (bicyclic) bond motifs is 1. The summed E-state index contributed by atoms with van der Waals surface area (Å²) in [6.45, 7) is 4.92. The van der Waals surface area contributed by atoms with Crippen LogP contribution in [0, 0.1) is 25.7 Å². The minimum Gasteiger partial charge on any atom is -0.424 e. The van der Waals surface area contributed by atoms with Gasteiger partial charge in [0.15, 0.2) is 0 Å². The summed E-state index contributed by atoms with van der Waals surface area (Å²) in [6, 6.07) is 8.12. The highest BCUT2D eigenvalue weighted by atomic mass is 16.5. The Balaban J connectivity index is 1.36. The minimum atomic E-state index is -0.714. The summed E-state index contributed by atoms with van der Waals surface area (Å²) in [5, 5.41) is 7.76. The molecule has 0 N–H and O–H groups in total. The van der Waals surface area contributed by atoms with Crippen molar-refractivity contribution < 1.29 is 18.7 Å². The number of aromatic nitrogens is 2. The van der Waals surface area contributed by atoms with E-state index in [0.717, 1.165) is 11.1 Å². The van der Waals surface area contributed by atoms with Crippen molar-refractivity contribution in [2.24, 2.45) is 11.8 Å².